The summed E-state index contributed by atoms with van der Waals surface area (Å²) in [7, 11) is 0. The molecule has 0 atom stereocenters. The lowest BCUT2D eigenvalue weighted by atomic mass is 10.1. The van der Waals surface area contributed by atoms with Crippen LogP contribution >= 0.6 is 23.2 Å². The smallest absolute Gasteiger partial charge is 0.294 e. The van der Waals surface area contributed by atoms with Crippen LogP contribution in [-0.2, 0) is 22.7 Å². The first-order valence-corrected chi connectivity index (χ1v) is 8.56. The van der Waals surface area contributed by atoms with Gasteiger partial charge in [0.25, 0.3) is 5.09 Å². The van der Waals surface area contributed by atoms with E-state index in [1.165, 1.54) is 6.21 Å². The van der Waals surface area contributed by atoms with Crippen molar-refractivity contribution in [2.45, 2.75) is 13.0 Å². The quantitative estimate of drug-likeness (QED) is 0.305. The Hall–Kier alpha value is -3.17. The summed E-state index contributed by atoms with van der Waals surface area (Å²) in [4.78, 5) is 26.6. The Labute approximate surface area is 169 Å². The Morgan fingerprint density at radius 3 is 2.54 bits per heavy atom. The molecule has 0 bridgehead atoms. The summed E-state index contributed by atoms with van der Waals surface area (Å²) in [6.45, 7) is -0.203. The topological polar surface area (TPSA) is 132 Å². The van der Waals surface area contributed by atoms with Crippen molar-refractivity contribution in [1.29, 1.82) is 0 Å². The lowest BCUT2D eigenvalue weighted by molar-refractivity contribution is -0.763. The standard InChI is InChI=1S/C17H15Cl2N5O4/c18-14-5-2-6-15(19)13(14)9-21-23-17(20)22-16(25)8-11-3-1-4-12(7-11)10-28-24(26)27/h1-7,9H,8,10H2,(H3,20,22,23,25)/b21-9+. The first-order chi connectivity index (χ1) is 13.3. The zero-order valence-electron chi connectivity index (χ0n) is 14.3. The van der Waals surface area contributed by atoms with Gasteiger partial charge in [-0.1, -0.05) is 53.5 Å². The van der Waals surface area contributed by atoms with Gasteiger partial charge in [0.15, 0.2) is 0 Å². The Morgan fingerprint density at radius 2 is 1.86 bits per heavy atom. The van der Waals surface area contributed by atoms with Crippen molar-refractivity contribution in [3.05, 3.63) is 79.3 Å². The Morgan fingerprint density at radius 1 is 1.21 bits per heavy atom. The minimum absolute atomic E-state index is 0.0113. The molecule has 0 aliphatic carbocycles. The van der Waals surface area contributed by atoms with Gasteiger partial charge in [0.2, 0.25) is 11.9 Å². The number of halogens is 2. The average molecular weight is 424 g/mol. The van der Waals surface area contributed by atoms with Crippen molar-refractivity contribution in [3.8, 4) is 0 Å². The second-order valence-corrected chi connectivity index (χ2v) is 6.22. The summed E-state index contributed by atoms with van der Waals surface area (Å²) < 4.78 is 0. The van der Waals surface area contributed by atoms with Crippen molar-refractivity contribution in [1.82, 2.24) is 5.32 Å². The van der Waals surface area contributed by atoms with Crippen molar-refractivity contribution >= 4 is 41.3 Å². The van der Waals surface area contributed by atoms with Crippen molar-refractivity contribution < 1.29 is 14.7 Å². The summed E-state index contributed by atoms with van der Waals surface area (Å²) in [5.74, 6) is -0.642. The highest BCUT2D eigenvalue weighted by Gasteiger charge is 2.07. The molecule has 0 saturated heterocycles. The van der Waals surface area contributed by atoms with E-state index in [0.717, 1.165) is 0 Å². The lowest BCUT2D eigenvalue weighted by Crippen LogP contribution is -2.37. The monoisotopic (exact) mass is 423 g/mol. The second-order valence-electron chi connectivity index (χ2n) is 5.41. The molecule has 2 aromatic rings. The predicted octanol–water partition coefficient (Wildman–Crippen LogP) is 2.71. The molecule has 9 nitrogen and oxygen atoms in total. The molecular weight excluding hydrogens is 409 g/mol. The van der Waals surface area contributed by atoms with Gasteiger partial charge in [-0.15, -0.1) is 15.2 Å². The molecule has 0 radical (unpaired) electrons. The fraction of sp³-hybridized carbons (Fsp3) is 0.118. The van der Waals surface area contributed by atoms with Gasteiger partial charge in [-0.05, 0) is 23.3 Å². The molecule has 28 heavy (non-hydrogen) atoms. The summed E-state index contributed by atoms with van der Waals surface area (Å²) in [5.41, 5.74) is 7.28. The molecule has 11 heteroatoms. The third kappa shape index (κ3) is 6.86. The molecule has 0 aliphatic rings. The van der Waals surface area contributed by atoms with Crippen LogP contribution in [0.1, 0.15) is 16.7 Å². The van der Waals surface area contributed by atoms with Crippen molar-refractivity contribution in [3.63, 3.8) is 0 Å². The number of nitrogens with two attached hydrogens (primary N) is 1. The molecule has 146 valence electrons. The number of hydrogen-bond acceptors (Lipinski definition) is 6. The third-order valence-electron chi connectivity index (χ3n) is 3.31. The molecule has 0 aromatic heterocycles. The van der Waals surface area contributed by atoms with Crippen LogP contribution in [0.3, 0.4) is 0 Å². The maximum absolute atomic E-state index is 12.0. The van der Waals surface area contributed by atoms with Crippen LogP contribution in [-0.4, -0.2) is 23.2 Å². The first-order valence-electron chi connectivity index (χ1n) is 7.80. The van der Waals surface area contributed by atoms with Gasteiger partial charge in [-0.25, -0.2) is 0 Å². The van der Waals surface area contributed by atoms with E-state index in [1.54, 1.807) is 42.5 Å². The molecule has 1 amide bonds. The van der Waals surface area contributed by atoms with Gasteiger partial charge in [0, 0.05) is 5.56 Å². The number of nitrogens with zero attached hydrogens (tertiary/aromatic N) is 3. The predicted molar refractivity (Wildman–Crippen MR) is 106 cm³/mol. The molecule has 0 heterocycles. The van der Waals surface area contributed by atoms with Crippen LogP contribution in [0, 0.1) is 10.1 Å². The van der Waals surface area contributed by atoms with Gasteiger partial charge in [-0.3, -0.25) is 10.1 Å². The average Bonchev–Trinajstić information content (AvgIpc) is 2.62. The molecule has 2 aromatic carbocycles. The largest absolute Gasteiger partial charge is 0.368 e. The maximum Gasteiger partial charge on any atom is 0.294 e. The third-order valence-corrected chi connectivity index (χ3v) is 3.97. The molecule has 0 fully saturated rings. The van der Waals surface area contributed by atoms with Crippen LogP contribution in [0.15, 0.2) is 52.7 Å². The number of carbonyl (C=O) groups excluding carboxylic acids is 1. The normalized spacial score (nSPS) is 11.4. The van der Waals surface area contributed by atoms with Crippen LogP contribution in [0.25, 0.3) is 0 Å². The van der Waals surface area contributed by atoms with E-state index in [9.17, 15) is 14.9 Å². The van der Waals surface area contributed by atoms with E-state index < -0.39 is 11.0 Å². The summed E-state index contributed by atoms with van der Waals surface area (Å²) >= 11 is 12.0. The number of guanidine groups is 1. The van der Waals surface area contributed by atoms with Gasteiger partial charge in [-0.2, -0.15) is 5.10 Å². The van der Waals surface area contributed by atoms with Gasteiger partial charge >= 0.3 is 0 Å². The number of amides is 1. The second kappa shape index (κ2) is 10.2. The van der Waals surface area contributed by atoms with E-state index in [4.69, 9.17) is 28.9 Å². The fourth-order valence-corrected chi connectivity index (χ4v) is 2.63. The van der Waals surface area contributed by atoms with Crippen LogP contribution < -0.4 is 11.1 Å². The van der Waals surface area contributed by atoms with E-state index in [-0.39, 0.29) is 19.0 Å². The Bertz CT molecular complexity index is 913. The van der Waals surface area contributed by atoms with Gasteiger partial charge < -0.3 is 10.6 Å². The minimum Gasteiger partial charge on any atom is -0.368 e. The minimum atomic E-state index is -0.882. The van der Waals surface area contributed by atoms with Crippen LogP contribution in [0.4, 0.5) is 0 Å². The summed E-state index contributed by atoms with van der Waals surface area (Å²) in [5, 5.41) is 20.0. The van der Waals surface area contributed by atoms with Gasteiger partial charge in [0.1, 0.15) is 6.61 Å². The lowest BCUT2D eigenvalue weighted by Gasteiger charge is -2.05. The zero-order valence-corrected chi connectivity index (χ0v) is 15.9. The molecule has 0 aliphatic heterocycles. The van der Waals surface area contributed by atoms with Gasteiger partial charge in [0.05, 0.1) is 22.7 Å². The molecule has 0 unspecified atom stereocenters. The number of hydrogen-bond donors (Lipinski definition) is 2. The van der Waals surface area contributed by atoms with E-state index in [0.29, 0.717) is 26.7 Å². The van der Waals surface area contributed by atoms with E-state index >= 15 is 0 Å². The maximum atomic E-state index is 12.0. The Kier molecular flexibility index (Phi) is 7.73. The van der Waals surface area contributed by atoms with Crippen molar-refractivity contribution in [2.75, 3.05) is 0 Å². The Balaban J connectivity index is 1.93. The van der Waals surface area contributed by atoms with Crippen molar-refractivity contribution in [2.24, 2.45) is 15.9 Å². The van der Waals surface area contributed by atoms with E-state index in [1.807, 2.05) is 0 Å². The molecule has 0 spiro atoms. The number of nitrogens with one attached hydrogen (secondary N) is 1. The van der Waals surface area contributed by atoms with Crippen LogP contribution in [0.5, 0.6) is 0 Å². The zero-order chi connectivity index (χ0) is 20.5. The van der Waals surface area contributed by atoms with E-state index in [2.05, 4.69) is 20.4 Å². The highest BCUT2D eigenvalue weighted by molar-refractivity contribution is 6.38. The molecule has 0 saturated carbocycles. The summed E-state index contributed by atoms with van der Waals surface area (Å²) in [6, 6.07) is 11.6. The molecule has 2 rings (SSSR count). The SMILES string of the molecule is N/C(=N\N=C\c1c(Cl)cccc1Cl)NC(=O)Cc1cccc(CO[N+](=O)[O-])c1. The molecule has 3 N–H and O–H groups in total. The highest BCUT2D eigenvalue weighted by Crippen LogP contribution is 2.22. The van der Waals surface area contributed by atoms with Crippen LogP contribution in [0.2, 0.25) is 10.0 Å². The number of benzene rings is 2. The number of carbonyl (C=O) groups is 1. The number of rotatable bonds is 7. The highest BCUT2D eigenvalue weighted by atomic mass is 35.5. The fourth-order valence-electron chi connectivity index (χ4n) is 2.14. The summed E-state index contributed by atoms with van der Waals surface area (Å²) in [6.07, 6.45) is 1.31. The molecular formula is C17H15Cl2N5O4. The first kappa shape index (κ1) is 21.1.